The minimum atomic E-state index is 0.148. The average Bonchev–Trinajstić information content (AvgIpc) is 3.42. The molecule has 0 saturated carbocycles. The number of nitriles is 1. The molecule has 0 aliphatic heterocycles. The summed E-state index contributed by atoms with van der Waals surface area (Å²) in [5.41, 5.74) is 6.23. The number of benzene rings is 2. The Balaban J connectivity index is 1.66. The Morgan fingerprint density at radius 1 is 1.22 bits per heavy atom. The number of aryl methyl sites for hydroxylation is 1. The van der Waals surface area contributed by atoms with Crippen molar-refractivity contribution in [3.8, 4) is 28.8 Å². The Hall–Kier alpha value is -4.64. The van der Waals surface area contributed by atoms with Crippen molar-refractivity contribution in [2.24, 2.45) is 5.10 Å². The van der Waals surface area contributed by atoms with Crippen LogP contribution in [0.1, 0.15) is 17.1 Å². The second-order valence-corrected chi connectivity index (χ2v) is 6.73. The third kappa shape index (κ3) is 4.57. The number of oxazole rings is 1. The normalized spacial score (nSPS) is 10.8. The number of hydrogen-bond acceptors (Lipinski definition) is 7. The molecule has 0 aliphatic rings. The van der Waals surface area contributed by atoms with Gasteiger partial charge in [-0.1, -0.05) is 30.9 Å². The van der Waals surface area contributed by atoms with Crippen molar-refractivity contribution in [2.75, 3.05) is 12.0 Å². The molecule has 1 N–H and O–H groups in total. The van der Waals surface area contributed by atoms with Gasteiger partial charge in [-0.2, -0.15) is 15.5 Å². The van der Waals surface area contributed by atoms with Crippen LogP contribution in [0.3, 0.4) is 0 Å². The molecule has 0 atom stereocenters. The van der Waals surface area contributed by atoms with Crippen molar-refractivity contribution in [1.82, 2.24) is 14.8 Å². The highest BCUT2D eigenvalue weighted by Crippen LogP contribution is 2.25. The van der Waals surface area contributed by atoms with E-state index in [4.69, 9.17) is 19.5 Å². The topological polar surface area (TPSA) is 101 Å². The van der Waals surface area contributed by atoms with Crippen molar-refractivity contribution >= 4 is 12.1 Å². The molecule has 4 rings (SSSR count). The lowest BCUT2D eigenvalue weighted by Crippen LogP contribution is -1.94. The number of anilines is 1. The fourth-order valence-corrected chi connectivity index (χ4v) is 3.02. The van der Waals surface area contributed by atoms with Crippen LogP contribution in [0.2, 0.25) is 0 Å². The van der Waals surface area contributed by atoms with E-state index >= 15 is 0 Å². The summed E-state index contributed by atoms with van der Waals surface area (Å²) in [6.07, 6.45) is 5.21. The second kappa shape index (κ2) is 9.45. The Morgan fingerprint density at radius 2 is 2.00 bits per heavy atom. The summed E-state index contributed by atoms with van der Waals surface area (Å²) in [4.78, 5) is 3.99. The largest absolute Gasteiger partial charge is 0.490 e. The molecule has 2 aromatic carbocycles. The molecule has 2 heterocycles. The first kappa shape index (κ1) is 20.6. The van der Waals surface area contributed by atoms with E-state index in [0.717, 1.165) is 28.3 Å². The summed E-state index contributed by atoms with van der Waals surface area (Å²) in [6.45, 7) is 5.77. The van der Waals surface area contributed by atoms with Gasteiger partial charge in [0.05, 0.1) is 11.9 Å². The molecule has 0 spiro atoms. The molecule has 2 aromatic heterocycles. The zero-order valence-electron chi connectivity index (χ0n) is 17.4. The Kier molecular flexibility index (Phi) is 6.09. The maximum atomic E-state index is 9.15. The van der Waals surface area contributed by atoms with Crippen LogP contribution in [0.5, 0.6) is 5.75 Å². The molecule has 32 heavy (non-hydrogen) atoms. The zero-order chi connectivity index (χ0) is 22.3. The van der Waals surface area contributed by atoms with Gasteiger partial charge >= 0.3 is 0 Å². The van der Waals surface area contributed by atoms with Gasteiger partial charge < -0.3 is 9.15 Å². The van der Waals surface area contributed by atoms with Gasteiger partial charge in [0.15, 0.2) is 5.89 Å². The SMILES string of the molecule is C=CCOc1ccc(-c2nn(-c3ccccc3)cc2C=NNc2oc(C)nc2C#N)cc1. The second-order valence-electron chi connectivity index (χ2n) is 6.73. The highest BCUT2D eigenvalue weighted by molar-refractivity contribution is 5.89. The third-order valence-electron chi connectivity index (χ3n) is 4.47. The van der Waals surface area contributed by atoms with Gasteiger partial charge in [0.25, 0.3) is 5.88 Å². The number of ether oxygens (including phenoxy) is 1. The first-order valence-electron chi connectivity index (χ1n) is 9.83. The van der Waals surface area contributed by atoms with Crippen molar-refractivity contribution in [3.63, 3.8) is 0 Å². The fourth-order valence-electron chi connectivity index (χ4n) is 3.02. The van der Waals surface area contributed by atoms with Gasteiger partial charge in [-0.05, 0) is 36.4 Å². The van der Waals surface area contributed by atoms with Crippen LogP contribution in [-0.2, 0) is 0 Å². The number of nitrogens with zero attached hydrogens (tertiary/aromatic N) is 5. The van der Waals surface area contributed by atoms with Crippen LogP contribution in [-0.4, -0.2) is 27.6 Å². The number of hydrazone groups is 1. The van der Waals surface area contributed by atoms with Gasteiger partial charge in [0.2, 0.25) is 5.69 Å². The number of hydrogen-bond donors (Lipinski definition) is 1. The van der Waals surface area contributed by atoms with E-state index < -0.39 is 0 Å². The van der Waals surface area contributed by atoms with E-state index in [1.807, 2.05) is 66.9 Å². The van der Waals surface area contributed by atoms with E-state index in [2.05, 4.69) is 22.1 Å². The molecular weight excluding hydrogens is 404 g/mol. The van der Waals surface area contributed by atoms with Gasteiger partial charge in [-0.15, -0.1) is 0 Å². The standard InChI is InChI=1S/C24H20N6O2/c1-3-13-31-21-11-9-18(10-12-21)23-19(16-30(29-23)20-7-5-4-6-8-20)15-26-28-24-22(14-25)27-17(2)32-24/h3-12,15-16,28H,1,13H2,2H3. The lowest BCUT2D eigenvalue weighted by Gasteiger charge is -2.04. The number of para-hydroxylation sites is 1. The van der Waals surface area contributed by atoms with Crippen LogP contribution < -0.4 is 10.2 Å². The van der Waals surface area contributed by atoms with Gasteiger partial charge in [0.1, 0.15) is 24.1 Å². The number of nitrogens with one attached hydrogen (secondary N) is 1. The van der Waals surface area contributed by atoms with Gasteiger partial charge in [-0.25, -0.2) is 15.1 Å². The predicted octanol–water partition coefficient (Wildman–Crippen LogP) is 4.72. The Bertz CT molecular complexity index is 1280. The van der Waals surface area contributed by atoms with Gasteiger partial charge in [-0.3, -0.25) is 0 Å². The number of rotatable bonds is 8. The van der Waals surface area contributed by atoms with Gasteiger partial charge in [0, 0.05) is 24.2 Å². The summed E-state index contributed by atoms with van der Waals surface area (Å²) >= 11 is 0. The van der Waals surface area contributed by atoms with Crippen molar-refractivity contribution in [2.45, 2.75) is 6.92 Å². The van der Waals surface area contributed by atoms with Crippen molar-refractivity contribution < 1.29 is 9.15 Å². The molecule has 8 heteroatoms. The van der Waals surface area contributed by atoms with Crippen LogP contribution in [0, 0.1) is 18.3 Å². The monoisotopic (exact) mass is 424 g/mol. The molecule has 8 nitrogen and oxygen atoms in total. The fraction of sp³-hybridized carbons (Fsp3) is 0.0833. The third-order valence-corrected chi connectivity index (χ3v) is 4.47. The molecule has 4 aromatic rings. The minimum Gasteiger partial charge on any atom is -0.490 e. The quantitative estimate of drug-likeness (QED) is 0.250. The van der Waals surface area contributed by atoms with Crippen LogP contribution in [0.15, 0.2) is 83.0 Å². The summed E-state index contributed by atoms with van der Waals surface area (Å²) in [5.74, 6) is 1.33. The molecule has 0 fully saturated rings. The van der Waals surface area contributed by atoms with E-state index in [0.29, 0.717) is 12.5 Å². The van der Waals surface area contributed by atoms with Crippen molar-refractivity contribution in [3.05, 3.63) is 90.6 Å². The smallest absolute Gasteiger partial charge is 0.252 e. The zero-order valence-corrected chi connectivity index (χ0v) is 17.4. The van der Waals surface area contributed by atoms with Crippen LogP contribution in [0.25, 0.3) is 16.9 Å². The van der Waals surface area contributed by atoms with Crippen LogP contribution >= 0.6 is 0 Å². The molecular formula is C24H20N6O2. The molecule has 0 aliphatic carbocycles. The van der Waals surface area contributed by atoms with E-state index in [9.17, 15) is 0 Å². The molecule has 0 bridgehead atoms. The summed E-state index contributed by atoms with van der Waals surface area (Å²) in [6, 6.07) is 19.4. The van der Waals surface area contributed by atoms with E-state index in [1.54, 1.807) is 23.9 Å². The van der Waals surface area contributed by atoms with E-state index in [-0.39, 0.29) is 11.6 Å². The minimum absolute atomic E-state index is 0.148. The summed E-state index contributed by atoms with van der Waals surface area (Å²) in [5, 5.41) is 18.1. The predicted molar refractivity (Wildman–Crippen MR) is 122 cm³/mol. The molecule has 0 radical (unpaired) electrons. The lowest BCUT2D eigenvalue weighted by atomic mass is 10.1. The molecule has 0 saturated heterocycles. The average molecular weight is 424 g/mol. The van der Waals surface area contributed by atoms with Crippen LogP contribution in [0.4, 0.5) is 5.88 Å². The number of aromatic nitrogens is 3. The maximum absolute atomic E-state index is 9.15. The highest BCUT2D eigenvalue weighted by atomic mass is 16.5. The maximum Gasteiger partial charge on any atom is 0.252 e. The first-order chi connectivity index (χ1) is 15.7. The molecule has 0 unspecified atom stereocenters. The summed E-state index contributed by atoms with van der Waals surface area (Å²) in [7, 11) is 0. The Morgan fingerprint density at radius 3 is 2.72 bits per heavy atom. The summed E-state index contributed by atoms with van der Waals surface area (Å²) < 4.78 is 12.7. The lowest BCUT2D eigenvalue weighted by molar-refractivity contribution is 0.363. The molecule has 158 valence electrons. The first-order valence-corrected chi connectivity index (χ1v) is 9.83. The highest BCUT2D eigenvalue weighted by Gasteiger charge is 2.13. The Labute approximate surface area is 185 Å². The van der Waals surface area contributed by atoms with E-state index in [1.165, 1.54) is 0 Å². The molecule has 0 amide bonds. The van der Waals surface area contributed by atoms with Crippen molar-refractivity contribution in [1.29, 1.82) is 5.26 Å².